The molecule has 59 heavy (non-hydrogen) atoms. The van der Waals surface area contributed by atoms with Crippen molar-refractivity contribution in [2.75, 3.05) is 13.3 Å². The van der Waals surface area contributed by atoms with Gasteiger partial charge in [0.15, 0.2) is 17.9 Å². The van der Waals surface area contributed by atoms with Gasteiger partial charge in [-0.25, -0.2) is 42.0 Å². The predicted octanol–water partition coefficient (Wildman–Crippen LogP) is 4.36. The quantitative estimate of drug-likeness (QED) is 0.0766. The fraction of sp³-hybridized carbons (Fsp3) is 0.611. The molecule has 3 N–H and O–H groups in total. The molecule has 0 aliphatic carbocycles. The minimum Gasteiger partial charge on any atom is -0.454 e. The van der Waals surface area contributed by atoms with Crippen molar-refractivity contribution in [3.63, 3.8) is 0 Å². The number of nitrogens with one attached hydrogen (secondary N) is 2. The van der Waals surface area contributed by atoms with Crippen LogP contribution in [0, 0.1) is 5.92 Å². The number of alkyl halides is 1. The Balaban J connectivity index is 2.02. The standard InChI is InChI=1S/C36H51FN3O18P/c1-20(2)27(39-32(44)49-17-25-13-11-10-12-14-25)28(42)55-29-35(9,47)30(40-16-15-26(41)38-31(40)43)56-36(29,18-37)19-50-59(48,57-23(7)53-33(45)51-21(3)4)58-24(8)54-34(46)52-22(5)6/h10-16,20-24,27,29-30,47H,17-19H2,1-9H3,(H,39,44)(H,38,41,43)/t23?,24?,27?,29-,30+,35+,36+,59?/m0/s1. The zero-order valence-electron chi connectivity index (χ0n) is 33.9. The average molecular weight is 864 g/mol. The number of carbonyl (C=O) groups is 4. The normalized spacial score (nSPS) is 22.8. The number of aliphatic hydroxyl groups is 1. The number of phosphoric ester groups is 1. The summed E-state index contributed by atoms with van der Waals surface area (Å²) in [6.45, 7) is 9.12. The molecule has 21 nitrogen and oxygen atoms in total. The molecule has 7 atom stereocenters. The van der Waals surface area contributed by atoms with Crippen LogP contribution in [-0.4, -0.2) is 100 Å². The maximum absolute atomic E-state index is 15.7. The Labute approximate surface area is 338 Å². The molecule has 3 rings (SSSR count). The molecule has 0 radical (unpaired) electrons. The molecular weight excluding hydrogens is 812 g/mol. The maximum Gasteiger partial charge on any atom is 0.510 e. The van der Waals surface area contributed by atoms with E-state index in [-0.39, 0.29) is 6.61 Å². The number of alkyl carbamates (subject to hydrolysis) is 1. The number of aromatic nitrogens is 2. The predicted molar refractivity (Wildman–Crippen MR) is 199 cm³/mol. The van der Waals surface area contributed by atoms with Gasteiger partial charge in [-0.15, -0.1) is 0 Å². The van der Waals surface area contributed by atoms with Crippen LogP contribution in [0.4, 0.5) is 18.8 Å². The van der Waals surface area contributed by atoms with E-state index in [1.807, 2.05) is 4.98 Å². The molecular formula is C36H51FN3O18P. The molecule has 330 valence electrons. The van der Waals surface area contributed by atoms with Crippen LogP contribution in [0.2, 0.25) is 0 Å². The number of aromatic amines is 1. The summed E-state index contributed by atoms with van der Waals surface area (Å²) in [5, 5.41) is 14.4. The van der Waals surface area contributed by atoms with Crippen LogP contribution in [0.1, 0.15) is 74.1 Å². The monoisotopic (exact) mass is 863 g/mol. The highest BCUT2D eigenvalue weighted by Crippen LogP contribution is 2.55. The van der Waals surface area contributed by atoms with E-state index in [0.29, 0.717) is 10.1 Å². The number of benzene rings is 1. The van der Waals surface area contributed by atoms with E-state index in [1.54, 1.807) is 30.3 Å². The second-order valence-corrected chi connectivity index (χ2v) is 15.9. The molecule has 0 spiro atoms. The number of ether oxygens (including phenoxy) is 7. The molecule has 1 saturated heterocycles. The summed E-state index contributed by atoms with van der Waals surface area (Å²) in [5.74, 6) is -1.95. The highest BCUT2D eigenvalue weighted by atomic mass is 31.2. The van der Waals surface area contributed by atoms with Gasteiger partial charge in [-0.3, -0.25) is 18.9 Å². The Morgan fingerprint density at radius 2 is 1.47 bits per heavy atom. The fourth-order valence-electron chi connectivity index (χ4n) is 5.46. The summed E-state index contributed by atoms with van der Waals surface area (Å²) in [5.41, 5.74) is -6.63. The Morgan fingerprint density at radius 1 is 0.915 bits per heavy atom. The number of carbonyl (C=O) groups excluding carboxylic acids is 4. The smallest absolute Gasteiger partial charge is 0.454 e. The van der Waals surface area contributed by atoms with Gasteiger partial charge in [-0.05, 0) is 59.9 Å². The summed E-state index contributed by atoms with van der Waals surface area (Å²) < 4.78 is 83.2. The molecule has 1 aromatic carbocycles. The van der Waals surface area contributed by atoms with E-state index in [4.69, 9.17) is 46.7 Å². The molecule has 1 amide bonds. The summed E-state index contributed by atoms with van der Waals surface area (Å²) in [6, 6.07) is 8.01. The number of esters is 1. The lowest BCUT2D eigenvalue weighted by molar-refractivity contribution is -0.179. The fourth-order valence-corrected chi connectivity index (χ4v) is 6.82. The lowest BCUT2D eigenvalue weighted by Gasteiger charge is -2.36. The van der Waals surface area contributed by atoms with Gasteiger partial charge < -0.3 is 43.6 Å². The Hall–Kier alpha value is -4.86. The van der Waals surface area contributed by atoms with Crippen molar-refractivity contribution in [2.24, 2.45) is 5.92 Å². The number of hydrogen-bond donors (Lipinski definition) is 3. The van der Waals surface area contributed by atoms with Crippen LogP contribution in [-0.2, 0) is 62.7 Å². The topological polar surface area (TPSA) is 265 Å². The van der Waals surface area contributed by atoms with Crippen LogP contribution in [0.15, 0.2) is 52.2 Å². The molecule has 23 heteroatoms. The van der Waals surface area contributed by atoms with Crippen LogP contribution in [0.25, 0.3) is 0 Å². The minimum atomic E-state index is -5.24. The van der Waals surface area contributed by atoms with Gasteiger partial charge in [0.05, 0.1) is 18.8 Å². The highest BCUT2D eigenvalue weighted by molar-refractivity contribution is 7.48. The Morgan fingerprint density at radius 3 is 1.97 bits per heavy atom. The maximum atomic E-state index is 15.7. The van der Waals surface area contributed by atoms with E-state index >= 15 is 4.39 Å². The molecule has 0 saturated carbocycles. The van der Waals surface area contributed by atoms with Crippen molar-refractivity contribution in [3.05, 3.63) is 69.0 Å². The number of halogens is 1. The van der Waals surface area contributed by atoms with Gasteiger partial charge >= 0.3 is 37.9 Å². The molecule has 2 aromatic rings. The van der Waals surface area contributed by atoms with Gasteiger partial charge in [0.1, 0.15) is 24.9 Å². The van der Waals surface area contributed by atoms with Gasteiger partial charge in [0.25, 0.3) is 5.56 Å². The van der Waals surface area contributed by atoms with Gasteiger partial charge in [0.2, 0.25) is 12.6 Å². The molecule has 0 bridgehead atoms. The summed E-state index contributed by atoms with van der Waals surface area (Å²) in [6.07, 6.45) is -11.6. The third-order valence-corrected chi connectivity index (χ3v) is 9.59. The van der Waals surface area contributed by atoms with Crippen LogP contribution >= 0.6 is 7.82 Å². The SMILES string of the molecule is CC(C)OC(=O)OC(C)OP(=O)(OC[C@@]1(CF)O[C@@H](n2ccc(=O)[nH]c2=O)[C@](C)(O)[C@@H]1OC(=O)C(NC(=O)OCc1ccccc1)C(C)C)OC(C)OC(=O)OC(C)C. The lowest BCUT2D eigenvalue weighted by atomic mass is 9.88. The van der Waals surface area contributed by atoms with E-state index in [0.717, 1.165) is 33.0 Å². The summed E-state index contributed by atoms with van der Waals surface area (Å²) in [4.78, 5) is 77.8. The first kappa shape index (κ1) is 48.5. The highest BCUT2D eigenvalue weighted by Gasteiger charge is 2.66. The van der Waals surface area contributed by atoms with Gasteiger partial charge in [0, 0.05) is 12.3 Å². The number of amides is 1. The zero-order valence-corrected chi connectivity index (χ0v) is 34.8. The number of nitrogens with zero attached hydrogens (tertiary/aromatic N) is 1. The molecule has 2 heterocycles. The van der Waals surface area contributed by atoms with Crippen molar-refractivity contribution in [3.8, 4) is 0 Å². The van der Waals surface area contributed by atoms with Gasteiger partial charge in [-0.1, -0.05) is 44.2 Å². The second kappa shape index (κ2) is 20.9. The minimum absolute atomic E-state index is 0.162. The first-order valence-electron chi connectivity index (χ1n) is 18.3. The van der Waals surface area contributed by atoms with Crippen molar-refractivity contribution in [1.82, 2.24) is 14.9 Å². The van der Waals surface area contributed by atoms with Crippen LogP contribution in [0.3, 0.4) is 0 Å². The van der Waals surface area contributed by atoms with Crippen LogP contribution < -0.4 is 16.6 Å². The van der Waals surface area contributed by atoms with E-state index < -0.39 is 117 Å². The molecule has 1 aliphatic rings. The molecule has 3 unspecified atom stereocenters. The van der Waals surface area contributed by atoms with Crippen LogP contribution in [0.5, 0.6) is 0 Å². The third kappa shape index (κ3) is 13.9. The molecule has 1 aromatic heterocycles. The molecule has 1 aliphatic heterocycles. The number of H-pyrrole nitrogens is 1. The molecule has 1 fully saturated rings. The first-order chi connectivity index (χ1) is 27.5. The summed E-state index contributed by atoms with van der Waals surface area (Å²) >= 11 is 0. The van der Waals surface area contributed by atoms with E-state index in [2.05, 4.69) is 5.32 Å². The van der Waals surface area contributed by atoms with Crippen molar-refractivity contribution in [2.45, 2.75) is 123 Å². The average Bonchev–Trinajstić information content (AvgIpc) is 3.33. The zero-order chi connectivity index (χ0) is 44.3. The number of hydrogen-bond acceptors (Lipinski definition) is 18. The Kier molecular flexibility index (Phi) is 17.2. The number of rotatable bonds is 19. The van der Waals surface area contributed by atoms with Gasteiger partial charge in [-0.2, -0.15) is 0 Å². The van der Waals surface area contributed by atoms with Crippen molar-refractivity contribution in [1.29, 1.82) is 0 Å². The first-order valence-corrected chi connectivity index (χ1v) is 19.8. The third-order valence-electron chi connectivity index (χ3n) is 8.04. The Bertz CT molecular complexity index is 1870. The van der Waals surface area contributed by atoms with Crippen molar-refractivity contribution >= 4 is 32.2 Å². The van der Waals surface area contributed by atoms with E-state index in [1.165, 1.54) is 41.5 Å². The lowest BCUT2D eigenvalue weighted by Crippen LogP contribution is -2.57. The summed E-state index contributed by atoms with van der Waals surface area (Å²) in [7, 11) is -5.24. The van der Waals surface area contributed by atoms with Crippen molar-refractivity contribution < 1.29 is 80.0 Å². The second-order valence-electron chi connectivity index (χ2n) is 14.3. The van der Waals surface area contributed by atoms with E-state index in [9.17, 15) is 38.4 Å². The number of phosphoric acid groups is 1. The largest absolute Gasteiger partial charge is 0.510 e.